The Kier molecular flexibility index (Phi) is 6.55. The van der Waals surface area contributed by atoms with Crippen molar-refractivity contribution in [3.05, 3.63) is 38.0 Å². The number of rotatable bonds is 5. The van der Waals surface area contributed by atoms with Crippen LogP contribution in [0.4, 0.5) is 5.69 Å². The van der Waals surface area contributed by atoms with E-state index in [1.165, 1.54) is 11.3 Å². The first kappa shape index (κ1) is 22.3. The summed E-state index contributed by atoms with van der Waals surface area (Å²) in [5, 5.41) is 2.96. The van der Waals surface area contributed by atoms with Crippen molar-refractivity contribution < 1.29 is 23.2 Å². The summed E-state index contributed by atoms with van der Waals surface area (Å²) in [4.78, 5) is 38.1. The lowest BCUT2D eigenvalue weighted by Gasteiger charge is -2.25. The third-order valence-electron chi connectivity index (χ3n) is 5.47. The fraction of sp³-hybridized carbons (Fsp3) is 0.591. The Morgan fingerprint density at radius 2 is 1.87 bits per heavy atom. The third kappa shape index (κ3) is 5.22. The molecule has 164 valence electrons. The molecule has 0 radical (unpaired) electrons. The molecule has 1 fully saturated rings. The summed E-state index contributed by atoms with van der Waals surface area (Å²) in [7, 11) is 0. The first-order valence-electron chi connectivity index (χ1n) is 10.3. The van der Waals surface area contributed by atoms with E-state index in [-0.39, 0.29) is 35.4 Å². The maximum atomic E-state index is 12.8. The molecule has 1 N–H and O–H groups in total. The molecule has 1 amide bonds. The Bertz CT molecular complexity index is 969. The zero-order valence-electron chi connectivity index (χ0n) is 18.1. The highest BCUT2D eigenvalue weighted by Gasteiger charge is 2.29. The second-order valence-corrected chi connectivity index (χ2v) is 10.1. The van der Waals surface area contributed by atoms with Gasteiger partial charge in [0.2, 0.25) is 5.91 Å². The molecule has 2 aromatic heterocycles. The summed E-state index contributed by atoms with van der Waals surface area (Å²) in [6.45, 7) is 9.70. The maximum Gasteiger partial charge on any atom is 0.519 e. The molecule has 0 spiro atoms. The third-order valence-corrected chi connectivity index (χ3v) is 7.01. The molecule has 0 atom stereocenters. The normalized spacial score (nSPS) is 19.5. The molecule has 0 aliphatic heterocycles. The molecule has 2 aromatic rings. The van der Waals surface area contributed by atoms with Gasteiger partial charge in [0, 0.05) is 10.8 Å². The van der Waals surface area contributed by atoms with Crippen LogP contribution in [0.2, 0.25) is 0 Å². The maximum absolute atomic E-state index is 12.8. The number of carbonyl (C=O) groups is 2. The summed E-state index contributed by atoms with van der Waals surface area (Å²) < 4.78 is 15.0. The molecule has 0 unspecified atom stereocenters. The molecular formula is C22H29NO6S. The number of amides is 1. The highest BCUT2D eigenvalue weighted by atomic mass is 32.1. The van der Waals surface area contributed by atoms with Gasteiger partial charge in [0.05, 0.1) is 5.69 Å². The average Bonchev–Trinajstić information content (AvgIpc) is 3.23. The van der Waals surface area contributed by atoms with Crippen molar-refractivity contribution in [1.82, 2.24) is 0 Å². The summed E-state index contributed by atoms with van der Waals surface area (Å²) in [5.41, 5.74) is 0.292. The fourth-order valence-electron chi connectivity index (χ4n) is 3.47. The highest BCUT2D eigenvalue weighted by Crippen LogP contribution is 2.37. The van der Waals surface area contributed by atoms with Gasteiger partial charge in [-0.3, -0.25) is 4.79 Å². The van der Waals surface area contributed by atoms with Crippen LogP contribution in [0, 0.1) is 18.8 Å². The van der Waals surface area contributed by atoms with E-state index in [1.807, 2.05) is 26.8 Å². The van der Waals surface area contributed by atoms with Gasteiger partial charge >= 0.3 is 11.8 Å². The molecular weight excluding hydrogens is 406 g/mol. The van der Waals surface area contributed by atoms with E-state index in [1.54, 1.807) is 6.92 Å². The van der Waals surface area contributed by atoms with Crippen LogP contribution in [0.15, 0.2) is 19.7 Å². The van der Waals surface area contributed by atoms with Crippen molar-refractivity contribution in [2.75, 3.05) is 5.32 Å². The molecule has 0 aromatic carbocycles. The van der Waals surface area contributed by atoms with Crippen LogP contribution in [0.25, 0.3) is 0 Å². The number of hydrogen-bond acceptors (Lipinski definition) is 7. The minimum absolute atomic E-state index is 0.0362. The van der Waals surface area contributed by atoms with E-state index >= 15 is 0 Å². The van der Waals surface area contributed by atoms with E-state index in [0.717, 1.165) is 30.6 Å². The van der Waals surface area contributed by atoms with Crippen molar-refractivity contribution in [3.63, 3.8) is 0 Å². The standard InChI is InChI=1S/C22H29NO6S/c1-12-6-8-14(9-7-12)19(24)23-15-10-17(22(3,4)5)30-18(15)20(25)27-11-16-13(2)28-21(26)29-16/h10,12,14H,6-9,11H2,1-5H3,(H,23,24)/t12-,14-. The van der Waals surface area contributed by atoms with Crippen molar-refractivity contribution in [2.45, 2.75) is 72.3 Å². The lowest BCUT2D eigenvalue weighted by Crippen LogP contribution is -2.27. The molecule has 0 saturated heterocycles. The van der Waals surface area contributed by atoms with Crippen molar-refractivity contribution in [3.8, 4) is 0 Å². The number of ether oxygens (including phenoxy) is 1. The molecule has 3 rings (SSSR count). The topological polar surface area (TPSA) is 98.8 Å². The second kappa shape index (κ2) is 8.79. The van der Waals surface area contributed by atoms with Gasteiger partial charge in [0.25, 0.3) is 0 Å². The Labute approximate surface area is 179 Å². The predicted molar refractivity (Wildman–Crippen MR) is 114 cm³/mol. The SMILES string of the molecule is Cc1oc(=O)oc1COC(=O)c1sc(C(C)(C)C)cc1NC(=O)[C@H]1CC[C@H](C)CC1. The van der Waals surface area contributed by atoms with Crippen LogP contribution >= 0.6 is 11.3 Å². The van der Waals surface area contributed by atoms with Crippen molar-refractivity contribution in [1.29, 1.82) is 0 Å². The Balaban J connectivity index is 1.77. The second-order valence-electron chi connectivity index (χ2n) is 9.06. The molecule has 1 aliphatic rings. The van der Waals surface area contributed by atoms with Gasteiger partial charge in [-0.25, -0.2) is 9.59 Å². The minimum atomic E-state index is -0.834. The molecule has 1 aliphatic carbocycles. The van der Waals surface area contributed by atoms with Gasteiger partial charge in [-0.05, 0) is 50.0 Å². The van der Waals surface area contributed by atoms with Gasteiger partial charge in [0.1, 0.15) is 4.88 Å². The lowest BCUT2D eigenvalue weighted by atomic mass is 9.82. The number of anilines is 1. The van der Waals surface area contributed by atoms with Crippen LogP contribution in [0.5, 0.6) is 0 Å². The van der Waals surface area contributed by atoms with Gasteiger partial charge in [0.15, 0.2) is 18.1 Å². The first-order valence-corrected chi connectivity index (χ1v) is 11.1. The summed E-state index contributed by atoms with van der Waals surface area (Å²) in [6, 6.07) is 1.85. The number of esters is 1. The summed E-state index contributed by atoms with van der Waals surface area (Å²) in [6.07, 6.45) is 3.81. The van der Waals surface area contributed by atoms with E-state index in [9.17, 15) is 14.4 Å². The number of carbonyl (C=O) groups excluding carboxylic acids is 2. The van der Waals surface area contributed by atoms with E-state index in [4.69, 9.17) is 13.6 Å². The molecule has 0 bridgehead atoms. The Morgan fingerprint density at radius 1 is 1.20 bits per heavy atom. The molecule has 8 heteroatoms. The smallest absolute Gasteiger partial charge is 0.453 e. The number of aryl methyl sites for hydroxylation is 1. The van der Waals surface area contributed by atoms with Crippen LogP contribution in [-0.4, -0.2) is 11.9 Å². The van der Waals surface area contributed by atoms with E-state index in [2.05, 4.69) is 12.2 Å². The zero-order chi connectivity index (χ0) is 22.1. The van der Waals surface area contributed by atoms with Gasteiger partial charge < -0.3 is 18.9 Å². The highest BCUT2D eigenvalue weighted by molar-refractivity contribution is 7.14. The monoisotopic (exact) mass is 435 g/mol. The Morgan fingerprint density at radius 3 is 2.43 bits per heavy atom. The summed E-state index contributed by atoms with van der Waals surface area (Å²) >= 11 is 1.30. The van der Waals surface area contributed by atoms with Crippen molar-refractivity contribution >= 4 is 28.9 Å². The number of hydrogen-bond donors (Lipinski definition) is 1. The quantitative estimate of drug-likeness (QED) is 0.662. The molecule has 7 nitrogen and oxygen atoms in total. The predicted octanol–water partition coefficient (Wildman–Crippen LogP) is 5.02. The van der Waals surface area contributed by atoms with Crippen LogP contribution < -0.4 is 11.1 Å². The van der Waals surface area contributed by atoms with E-state index in [0.29, 0.717) is 16.5 Å². The van der Waals surface area contributed by atoms with Gasteiger partial charge in [-0.15, -0.1) is 11.3 Å². The van der Waals surface area contributed by atoms with E-state index < -0.39 is 11.8 Å². The largest absolute Gasteiger partial charge is 0.519 e. The van der Waals surface area contributed by atoms with Gasteiger partial charge in [-0.2, -0.15) is 0 Å². The van der Waals surface area contributed by atoms with Crippen molar-refractivity contribution in [2.24, 2.45) is 11.8 Å². The minimum Gasteiger partial charge on any atom is -0.453 e. The molecule has 30 heavy (non-hydrogen) atoms. The van der Waals surface area contributed by atoms with Crippen LogP contribution in [0.1, 0.15) is 79.4 Å². The number of thiophene rings is 1. The fourth-order valence-corrected chi connectivity index (χ4v) is 4.53. The molecule has 2 heterocycles. The van der Waals surface area contributed by atoms with Crippen LogP contribution in [0.3, 0.4) is 0 Å². The van der Waals surface area contributed by atoms with Crippen LogP contribution in [-0.2, 0) is 21.6 Å². The van der Waals surface area contributed by atoms with Gasteiger partial charge in [-0.1, -0.05) is 27.7 Å². The molecule has 1 saturated carbocycles. The first-order chi connectivity index (χ1) is 14.0. The number of nitrogens with one attached hydrogen (secondary N) is 1. The zero-order valence-corrected chi connectivity index (χ0v) is 18.9. The Hall–Kier alpha value is -2.35. The lowest BCUT2D eigenvalue weighted by molar-refractivity contribution is -0.121. The summed E-state index contributed by atoms with van der Waals surface area (Å²) in [5.74, 6) is -0.403. The average molecular weight is 436 g/mol.